The van der Waals surface area contributed by atoms with Gasteiger partial charge in [0, 0.05) is 18.9 Å². The molecular weight excluding hydrogens is 250 g/mol. The standard InChI is InChI=1S/C16H17N3O/c1-2-17-14(20)10-12-7-9-19-16-13(12)6-5-11-4-3-8-18-15(11)16/h3-4,7-9H,2,5-6,10H2,1H3,(H,17,20). The number of carbonyl (C=O) groups excluding carboxylic acids is 1. The largest absolute Gasteiger partial charge is 0.356 e. The molecular formula is C16H17N3O. The Morgan fingerprint density at radius 2 is 2.05 bits per heavy atom. The summed E-state index contributed by atoms with van der Waals surface area (Å²) in [5.74, 6) is 0.0627. The molecule has 0 radical (unpaired) electrons. The van der Waals surface area contributed by atoms with Gasteiger partial charge in [-0.15, -0.1) is 0 Å². The molecule has 0 atom stereocenters. The first-order valence-electron chi connectivity index (χ1n) is 6.97. The van der Waals surface area contributed by atoms with Gasteiger partial charge in [0.1, 0.15) is 0 Å². The minimum Gasteiger partial charge on any atom is -0.356 e. The number of rotatable bonds is 3. The van der Waals surface area contributed by atoms with Gasteiger partial charge in [-0.25, -0.2) is 0 Å². The molecule has 3 rings (SSSR count). The SMILES string of the molecule is CCNC(=O)Cc1ccnc2c1CCc1cccnc1-2. The van der Waals surface area contributed by atoms with Crippen LogP contribution in [-0.4, -0.2) is 22.4 Å². The summed E-state index contributed by atoms with van der Waals surface area (Å²) in [4.78, 5) is 20.7. The van der Waals surface area contributed by atoms with Gasteiger partial charge < -0.3 is 5.32 Å². The molecule has 102 valence electrons. The van der Waals surface area contributed by atoms with E-state index in [4.69, 9.17) is 0 Å². The van der Waals surface area contributed by atoms with Gasteiger partial charge >= 0.3 is 0 Å². The van der Waals surface area contributed by atoms with Gasteiger partial charge in [0.05, 0.1) is 17.8 Å². The second kappa shape index (κ2) is 5.41. The summed E-state index contributed by atoms with van der Waals surface area (Å²) < 4.78 is 0. The molecule has 0 aliphatic heterocycles. The lowest BCUT2D eigenvalue weighted by atomic mass is 9.89. The topological polar surface area (TPSA) is 54.9 Å². The molecule has 1 aliphatic rings. The Balaban J connectivity index is 2.00. The highest BCUT2D eigenvalue weighted by Gasteiger charge is 2.21. The number of hydrogen-bond donors (Lipinski definition) is 1. The molecule has 4 heteroatoms. The zero-order valence-electron chi connectivity index (χ0n) is 11.5. The lowest BCUT2D eigenvalue weighted by Crippen LogP contribution is -2.25. The van der Waals surface area contributed by atoms with E-state index in [2.05, 4.69) is 21.4 Å². The summed E-state index contributed by atoms with van der Waals surface area (Å²) >= 11 is 0. The molecule has 1 N–H and O–H groups in total. The van der Waals surface area contributed by atoms with Gasteiger partial charge in [0.25, 0.3) is 0 Å². The Bertz CT molecular complexity index is 652. The highest BCUT2D eigenvalue weighted by molar-refractivity contribution is 5.80. The number of carbonyl (C=O) groups is 1. The van der Waals surface area contributed by atoms with Crippen molar-refractivity contribution in [2.75, 3.05) is 6.54 Å². The number of nitrogens with zero attached hydrogens (tertiary/aromatic N) is 2. The number of amides is 1. The molecule has 1 aliphatic carbocycles. The van der Waals surface area contributed by atoms with Crippen LogP contribution >= 0.6 is 0 Å². The van der Waals surface area contributed by atoms with Gasteiger partial charge in [0.15, 0.2) is 0 Å². The summed E-state index contributed by atoms with van der Waals surface area (Å²) in [6.07, 6.45) is 5.88. The van der Waals surface area contributed by atoms with E-state index in [1.165, 1.54) is 11.1 Å². The first-order valence-corrected chi connectivity index (χ1v) is 6.97. The monoisotopic (exact) mass is 267 g/mol. The third-order valence-electron chi connectivity index (χ3n) is 3.64. The average Bonchev–Trinajstić information content (AvgIpc) is 2.47. The summed E-state index contributed by atoms with van der Waals surface area (Å²) in [7, 11) is 0. The molecule has 0 bridgehead atoms. The number of hydrogen-bond acceptors (Lipinski definition) is 3. The van der Waals surface area contributed by atoms with Crippen molar-refractivity contribution in [3.63, 3.8) is 0 Å². The van der Waals surface area contributed by atoms with Crippen molar-refractivity contribution in [3.8, 4) is 11.4 Å². The van der Waals surface area contributed by atoms with Crippen LogP contribution in [0.1, 0.15) is 23.6 Å². The molecule has 0 unspecified atom stereocenters. The molecule has 1 amide bonds. The molecule has 2 aromatic heterocycles. The predicted octanol–water partition coefficient (Wildman–Crippen LogP) is 1.92. The molecule has 4 nitrogen and oxygen atoms in total. The maximum Gasteiger partial charge on any atom is 0.224 e. The Hall–Kier alpha value is -2.23. The maximum absolute atomic E-state index is 11.8. The lowest BCUT2D eigenvalue weighted by molar-refractivity contribution is -0.120. The number of fused-ring (bicyclic) bond motifs is 3. The molecule has 2 aromatic rings. The van der Waals surface area contributed by atoms with Crippen LogP contribution < -0.4 is 5.32 Å². The summed E-state index contributed by atoms with van der Waals surface area (Å²) in [6, 6.07) is 6.01. The maximum atomic E-state index is 11.8. The van der Waals surface area contributed by atoms with Crippen LogP contribution in [-0.2, 0) is 24.1 Å². The second-order valence-electron chi connectivity index (χ2n) is 4.94. The zero-order valence-corrected chi connectivity index (χ0v) is 11.5. The number of pyridine rings is 2. The van der Waals surface area contributed by atoms with Crippen LogP contribution in [0.5, 0.6) is 0 Å². The third-order valence-corrected chi connectivity index (χ3v) is 3.64. The Kier molecular flexibility index (Phi) is 3.46. The first-order chi connectivity index (χ1) is 9.79. The quantitative estimate of drug-likeness (QED) is 0.924. The van der Waals surface area contributed by atoms with Crippen LogP contribution in [0.15, 0.2) is 30.6 Å². The summed E-state index contributed by atoms with van der Waals surface area (Å²) in [5.41, 5.74) is 5.38. The van der Waals surface area contributed by atoms with E-state index in [0.717, 1.165) is 29.8 Å². The van der Waals surface area contributed by atoms with E-state index in [0.29, 0.717) is 13.0 Å². The van der Waals surface area contributed by atoms with Crippen molar-refractivity contribution in [2.24, 2.45) is 0 Å². The van der Waals surface area contributed by atoms with Gasteiger partial charge in [-0.2, -0.15) is 0 Å². The van der Waals surface area contributed by atoms with Crippen molar-refractivity contribution < 1.29 is 4.79 Å². The number of nitrogens with one attached hydrogen (secondary N) is 1. The summed E-state index contributed by atoms with van der Waals surface area (Å²) in [5, 5.41) is 2.84. The van der Waals surface area contributed by atoms with Gasteiger partial charge in [-0.1, -0.05) is 6.07 Å². The van der Waals surface area contributed by atoms with E-state index in [-0.39, 0.29) is 5.91 Å². The Morgan fingerprint density at radius 1 is 1.20 bits per heavy atom. The van der Waals surface area contributed by atoms with Crippen LogP contribution in [0, 0.1) is 0 Å². The summed E-state index contributed by atoms with van der Waals surface area (Å²) in [6.45, 7) is 2.59. The Labute approximate surface area is 118 Å². The van der Waals surface area contributed by atoms with Crippen molar-refractivity contribution in [1.29, 1.82) is 0 Å². The molecule has 20 heavy (non-hydrogen) atoms. The first kappa shape index (κ1) is 12.8. The van der Waals surface area contributed by atoms with Crippen molar-refractivity contribution in [3.05, 3.63) is 47.3 Å². The van der Waals surface area contributed by atoms with Crippen LogP contribution in [0.25, 0.3) is 11.4 Å². The second-order valence-corrected chi connectivity index (χ2v) is 4.94. The normalized spacial score (nSPS) is 12.4. The molecule has 0 aromatic carbocycles. The van der Waals surface area contributed by atoms with Gasteiger partial charge in [-0.3, -0.25) is 14.8 Å². The van der Waals surface area contributed by atoms with E-state index in [1.807, 2.05) is 19.1 Å². The number of aryl methyl sites for hydroxylation is 1. The van der Waals surface area contributed by atoms with Crippen molar-refractivity contribution in [1.82, 2.24) is 15.3 Å². The highest BCUT2D eigenvalue weighted by atomic mass is 16.1. The lowest BCUT2D eigenvalue weighted by Gasteiger charge is -2.20. The van der Waals surface area contributed by atoms with Crippen LogP contribution in [0.3, 0.4) is 0 Å². The number of likely N-dealkylation sites (N-methyl/N-ethyl adjacent to an activating group) is 1. The Morgan fingerprint density at radius 3 is 2.90 bits per heavy atom. The van der Waals surface area contributed by atoms with E-state index >= 15 is 0 Å². The van der Waals surface area contributed by atoms with Crippen molar-refractivity contribution in [2.45, 2.75) is 26.2 Å². The highest BCUT2D eigenvalue weighted by Crippen LogP contribution is 2.31. The number of aromatic nitrogens is 2. The van der Waals surface area contributed by atoms with Crippen LogP contribution in [0.2, 0.25) is 0 Å². The molecule has 0 saturated carbocycles. The van der Waals surface area contributed by atoms with E-state index in [1.54, 1.807) is 12.4 Å². The molecule has 0 spiro atoms. The fourth-order valence-corrected chi connectivity index (χ4v) is 2.73. The fourth-order valence-electron chi connectivity index (χ4n) is 2.73. The van der Waals surface area contributed by atoms with E-state index < -0.39 is 0 Å². The van der Waals surface area contributed by atoms with Gasteiger partial charge in [-0.05, 0) is 48.6 Å². The van der Waals surface area contributed by atoms with E-state index in [9.17, 15) is 4.79 Å². The van der Waals surface area contributed by atoms with Crippen molar-refractivity contribution >= 4 is 5.91 Å². The predicted molar refractivity (Wildman–Crippen MR) is 77.3 cm³/mol. The minimum absolute atomic E-state index is 0.0627. The molecule has 0 saturated heterocycles. The average molecular weight is 267 g/mol. The molecule has 2 heterocycles. The zero-order chi connectivity index (χ0) is 13.9. The smallest absolute Gasteiger partial charge is 0.224 e. The minimum atomic E-state index is 0.0627. The molecule has 0 fully saturated rings. The van der Waals surface area contributed by atoms with Crippen LogP contribution in [0.4, 0.5) is 0 Å². The fraction of sp³-hybridized carbons (Fsp3) is 0.312. The van der Waals surface area contributed by atoms with Gasteiger partial charge in [0.2, 0.25) is 5.91 Å². The third kappa shape index (κ3) is 2.29.